The predicted molar refractivity (Wildman–Crippen MR) is 63.6 cm³/mol. The molecule has 2 rings (SSSR count). The number of nitrogens with zero attached hydrogens (tertiary/aromatic N) is 1. The lowest BCUT2D eigenvalue weighted by atomic mass is 9.97. The third kappa shape index (κ3) is 1.81. The highest BCUT2D eigenvalue weighted by atomic mass is 16.4. The van der Waals surface area contributed by atoms with E-state index in [-0.39, 0.29) is 12.3 Å². The van der Waals surface area contributed by atoms with Crippen LogP contribution in [0.2, 0.25) is 0 Å². The van der Waals surface area contributed by atoms with Crippen LogP contribution in [-0.2, 0) is 11.8 Å². The van der Waals surface area contributed by atoms with Gasteiger partial charge in [0.1, 0.15) is 0 Å². The first-order chi connectivity index (χ1) is 7.59. The van der Waals surface area contributed by atoms with E-state index in [9.17, 15) is 4.79 Å². The fraction of sp³-hybridized carbons (Fsp3) is 0.308. The van der Waals surface area contributed by atoms with Crippen LogP contribution in [0.15, 0.2) is 30.5 Å². The summed E-state index contributed by atoms with van der Waals surface area (Å²) in [6.45, 7) is 1.95. The van der Waals surface area contributed by atoms with E-state index >= 15 is 0 Å². The molecule has 0 bridgehead atoms. The van der Waals surface area contributed by atoms with Crippen molar-refractivity contribution in [3.63, 3.8) is 0 Å². The number of aromatic nitrogens is 1. The quantitative estimate of drug-likeness (QED) is 0.859. The van der Waals surface area contributed by atoms with Crippen LogP contribution in [-0.4, -0.2) is 15.6 Å². The predicted octanol–water partition coefficient (Wildman–Crippen LogP) is 2.76. The lowest BCUT2D eigenvalue weighted by Crippen LogP contribution is -2.02. The van der Waals surface area contributed by atoms with Gasteiger partial charge in [-0.2, -0.15) is 0 Å². The van der Waals surface area contributed by atoms with E-state index in [0.717, 1.165) is 16.5 Å². The molecule has 3 nitrogen and oxygen atoms in total. The number of fused-ring (bicyclic) bond motifs is 1. The van der Waals surface area contributed by atoms with Gasteiger partial charge in [-0.1, -0.05) is 25.1 Å². The molecule has 2 aromatic rings. The molecule has 1 unspecified atom stereocenters. The third-order valence-corrected chi connectivity index (χ3v) is 2.94. The summed E-state index contributed by atoms with van der Waals surface area (Å²) >= 11 is 0. The van der Waals surface area contributed by atoms with Crippen LogP contribution in [0.3, 0.4) is 0 Å². The average molecular weight is 217 g/mol. The van der Waals surface area contributed by atoms with Crippen LogP contribution < -0.4 is 0 Å². The van der Waals surface area contributed by atoms with Crippen molar-refractivity contribution < 1.29 is 9.90 Å². The van der Waals surface area contributed by atoms with Gasteiger partial charge in [0, 0.05) is 24.1 Å². The molecule has 1 aromatic heterocycles. The summed E-state index contributed by atoms with van der Waals surface area (Å²) in [4.78, 5) is 10.7. The number of carboxylic acid groups (broad SMARTS) is 1. The standard InChI is InChI=1S/C13H15NO2/c1-9(7-13(15)16)11-8-14(2)12-6-4-3-5-10(11)12/h3-6,8-9H,7H2,1-2H3,(H,15,16). The van der Waals surface area contributed by atoms with Crippen molar-refractivity contribution in [2.75, 3.05) is 0 Å². The number of hydrogen-bond acceptors (Lipinski definition) is 1. The summed E-state index contributed by atoms with van der Waals surface area (Å²) in [5.74, 6) is -0.705. The largest absolute Gasteiger partial charge is 0.481 e. The zero-order valence-electron chi connectivity index (χ0n) is 9.47. The Labute approximate surface area is 94.3 Å². The van der Waals surface area contributed by atoms with Gasteiger partial charge in [-0.3, -0.25) is 4.79 Å². The Hall–Kier alpha value is -1.77. The van der Waals surface area contributed by atoms with Crippen LogP contribution in [0.25, 0.3) is 10.9 Å². The topological polar surface area (TPSA) is 42.2 Å². The molecule has 3 heteroatoms. The molecule has 1 atom stereocenters. The van der Waals surface area contributed by atoms with E-state index in [2.05, 4.69) is 0 Å². The lowest BCUT2D eigenvalue weighted by molar-refractivity contribution is -0.137. The average Bonchev–Trinajstić information content (AvgIpc) is 2.56. The molecule has 0 aliphatic rings. The van der Waals surface area contributed by atoms with Crippen molar-refractivity contribution in [1.29, 1.82) is 0 Å². The van der Waals surface area contributed by atoms with Crippen molar-refractivity contribution in [2.45, 2.75) is 19.3 Å². The highest BCUT2D eigenvalue weighted by Gasteiger charge is 2.15. The first kappa shape index (κ1) is 10.7. The zero-order valence-corrected chi connectivity index (χ0v) is 9.47. The molecule has 84 valence electrons. The summed E-state index contributed by atoms with van der Waals surface area (Å²) in [6, 6.07) is 8.07. The number of rotatable bonds is 3. The molecular weight excluding hydrogens is 202 g/mol. The van der Waals surface area contributed by atoms with Crippen molar-refractivity contribution in [1.82, 2.24) is 4.57 Å². The van der Waals surface area contributed by atoms with Gasteiger partial charge in [0.25, 0.3) is 0 Å². The molecule has 16 heavy (non-hydrogen) atoms. The number of benzene rings is 1. The van der Waals surface area contributed by atoms with Crippen molar-refractivity contribution in [3.05, 3.63) is 36.0 Å². The molecule has 0 saturated heterocycles. The fourth-order valence-electron chi connectivity index (χ4n) is 2.14. The van der Waals surface area contributed by atoms with E-state index < -0.39 is 5.97 Å². The Morgan fingerprint density at radius 2 is 2.12 bits per heavy atom. The van der Waals surface area contributed by atoms with E-state index in [1.54, 1.807) is 0 Å². The van der Waals surface area contributed by atoms with Crippen molar-refractivity contribution in [2.24, 2.45) is 7.05 Å². The summed E-state index contributed by atoms with van der Waals surface area (Å²) < 4.78 is 2.04. The van der Waals surface area contributed by atoms with Gasteiger partial charge in [-0.05, 0) is 17.5 Å². The third-order valence-electron chi connectivity index (χ3n) is 2.94. The molecule has 0 spiro atoms. The minimum Gasteiger partial charge on any atom is -0.481 e. The number of aryl methyl sites for hydroxylation is 1. The van der Waals surface area contributed by atoms with E-state index in [1.165, 1.54) is 0 Å². The second-order valence-electron chi connectivity index (χ2n) is 4.21. The highest BCUT2D eigenvalue weighted by Crippen LogP contribution is 2.28. The van der Waals surface area contributed by atoms with Crippen LogP contribution >= 0.6 is 0 Å². The van der Waals surface area contributed by atoms with Gasteiger partial charge in [0.15, 0.2) is 0 Å². The Kier molecular flexibility index (Phi) is 2.69. The second-order valence-corrected chi connectivity index (χ2v) is 4.21. The number of carbonyl (C=O) groups is 1. The summed E-state index contributed by atoms with van der Waals surface area (Å²) in [6.07, 6.45) is 2.20. The van der Waals surface area contributed by atoms with Gasteiger partial charge in [0.05, 0.1) is 6.42 Å². The number of aliphatic carboxylic acids is 1. The van der Waals surface area contributed by atoms with Crippen LogP contribution in [0, 0.1) is 0 Å². The molecular formula is C13H15NO2. The van der Waals surface area contributed by atoms with Crippen molar-refractivity contribution in [3.8, 4) is 0 Å². The Balaban J connectivity index is 2.48. The fourth-order valence-corrected chi connectivity index (χ4v) is 2.14. The lowest BCUT2D eigenvalue weighted by Gasteiger charge is -2.06. The Bertz CT molecular complexity index is 528. The van der Waals surface area contributed by atoms with E-state index in [4.69, 9.17) is 5.11 Å². The number of carboxylic acids is 1. The highest BCUT2D eigenvalue weighted by molar-refractivity contribution is 5.85. The maximum atomic E-state index is 10.7. The molecule has 0 saturated carbocycles. The number of para-hydroxylation sites is 1. The minimum atomic E-state index is -0.750. The second kappa shape index (κ2) is 4.00. The molecule has 0 radical (unpaired) electrons. The van der Waals surface area contributed by atoms with E-state index in [0.29, 0.717) is 0 Å². The normalized spacial score (nSPS) is 12.9. The van der Waals surface area contributed by atoms with Crippen LogP contribution in [0.4, 0.5) is 0 Å². The first-order valence-electron chi connectivity index (χ1n) is 5.35. The monoisotopic (exact) mass is 217 g/mol. The number of hydrogen-bond donors (Lipinski definition) is 1. The molecule has 0 amide bonds. The molecule has 1 heterocycles. The van der Waals surface area contributed by atoms with E-state index in [1.807, 2.05) is 49.0 Å². The molecule has 0 fully saturated rings. The van der Waals surface area contributed by atoms with Gasteiger partial charge in [-0.25, -0.2) is 0 Å². The maximum absolute atomic E-state index is 10.7. The van der Waals surface area contributed by atoms with Crippen molar-refractivity contribution >= 4 is 16.9 Å². The summed E-state index contributed by atoms with van der Waals surface area (Å²) in [5, 5.41) is 9.97. The molecule has 0 aliphatic carbocycles. The maximum Gasteiger partial charge on any atom is 0.303 e. The smallest absolute Gasteiger partial charge is 0.303 e. The molecule has 1 N–H and O–H groups in total. The van der Waals surface area contributed by atoms with Gasteiger partial charge in [0.2, 0.25) is 0 Å². The minimum absolute atomic E-state index is 0.0450. The molecule has 0 aliphatic heterocycles. The first-order valence-corrected chi connectivity index (χ1v) is 5.35. The van der Waals surface area contributed by atoms with Gasteiger partial charge >= 0.3 is 5.97 Å². The Morgan fingerprint density at radius 1 is 1.44 bits per heavy atom. The zero-order chi connectivity index (χ0) is 11.7. The molecule has 1 aromatic carbocycles. The van der Waals surface area contributed by atoms with Gasteiger partial charge in [-0.15, -0.1) is 0 Å². The van der Waals surface area contributed by atoms with Gasteiger partial charge < -0.3 is 9.67 Å². The Morgan fingerprint density at radius 3 is 2.81 bits per heavy atom. The summed E-state index contributed by atoms with van der Waals surface area (Å²) in [5.41, 5.74) is 2.26. The van der Waals surface area contributed by atoms with Crippen LogP contribution in [0.1, 0.15) is 24.8 Å². The SMILES string of the molecule is CC(CC(=O)O)c1cn(C)c2ccccc12. The van der Waals surface area contributed by atoms with Crippen LogP contribution in [0.5, 0.6) is 0 Å². The summed E-state index contributed by atoms with van der Waals surface area (Å²) in [7, 11) is 1.99.